The molecule has 0 bridgehead atoms. The molecular formula is C11H19NO2. The van der Waals surface area contributed by atoms with Crippen LogP contribution in [0.3, 0.4) is 0 Å². The minimum atomic E-state index is -0.434. The fourth-order valence-corrected chi connectivity index (χ4v) is 1.44. The van der Waals surface area contributed by atoms with Crippen molar-refractivity contribution < 1.29 is 9.53 Å². The molecule has 0 aliphatic heterocycles. The Kier molecular flexibility index (Phi) is 2.88. The molecule has 0 spiro atoms. The van der Waals surface area contributed by atoms with E-state index in [9.17, 15) is 4.79 Å². The number of carbonyl (C=O) groups is 1. The van der Waals surface area contributed by atoms with Crippen LogP contribution in [0.4, 0.5) is 4.79 Å². The lowest BCUT2D eigenvalue weighted by Crippen LogP contribution is -2.53. The number of nitrogens with one attached hydrogen (secondary N) is 1. The van der Waals surface area contributed by atoms with Gasteiger partial charge in [-0.25, -0.2) is 4.79 Å². The Morgan fingerprint density at radius 1 is 1.50 bits per heavy atom. The molecule has 0 saturated heterocycles. The molecule has 0 heterocycles. The highest BCUT2D eigenvalue weighted by atomic mass is 16.6. The summed E-state index contributed by atoms with van der Waals surface area (Å²) in [6, 6.07) is 0. The zero-order chi connectivity index (χ0) is 10.8. The van der Waals surface area contributed by atoms with Gasteiger partial charge in [-0.3, -0.25) is 0 Å². The zero-order valence-electron chi connectivity index (χ0n) is 9.22. The molecule has 0 aromatic rings. The first-order chi connectivity index (χ1) is 6.37. The first kappa shape index (κ1) is 11.1. The second-order valence-electron chi connectivity index (χ2n) is 4.84. The third-order valence-corrected chi connectivity index (χ3v) is 2.39. The first-order valence-corrected chi connectivity index (χ1v) is 5.02. The molecule has 0 atom stereocenters. The summed E-state index contributed by atoms with van der Waals surface area (Å²) in [6.45, 7) is 9.30. The fraction of sp³-hybridized carbons (Fsp3) is 0.727. The Hall–Kier alpha value is -0.990. The van der Waals surface area contributed by atoms with Crippen molar-refractivity contribution in [3.63, 3.8) is 0 Å². The highest BCUT2D eigenvalue weighted by Gasteiger charge is 2.36. The summed E-state index contributed by atoms with van der Waals surface area (Å²) in [4.78, 5) is 11.4. The lowest BCUT2D eigenvalue weighted by atomic mass is 9.77. The summed E-state index contributed by atoms with van der Waals surface area (Å²) in [5.74, 6) is 0. The molecule has 80 valence electrons. The molecule has 3 heteroatoms. The van der Waals surface area contributed by atoms with E-state index in [1.165, 1.54) is 0 Å². The van der Waals surface area contributed by atoms with Crippen LogP contribution in [0.5, 0.6) is 0 Å². The number of alkyl carbamates (subject to hydrolysis) is 1. The maximum Gasteiger partial charge on any atom is 0.408 e. The number of hydrogen-bond donors (Lipinski definition) is 1. The molecule has 0 radical (unpaired) electrons. The first-order valence-electron chi connectivity index (χ1n) is 5.02. The third-order valence-electron chi connectivity index (χ3n) is 2.39. The quantitative estimate of drug-likeness (QED) is 0.691. The van der Waals surface area contributed by atoms with Crippen LogP contribution in [0.15, 0.2) is 12.7 Å². The van der Waals surface area contributed by atoms with Crippen molar-refractivity contribution in [3.05, 3.63) is 12.7 Å². The average Bonchev–Trinajstić information content (AvgIpc) is 1.93. The van der Waals surface area contributed by atoms with Crippen LogP contribution in [0, 0.1) is 0 Å². The van der Waals surface area contributed by atoms with Gasteiger partial charge in [-0.2, -0.15) is 0 Å². The molecule has 1 amide bonds. The van der Waals surface area contributed by atoms with Crippen LogP contribution in [0.25, 0.3) is 0 Å². The van der Waals surface area contributed by atoms with Crippen molar-refractivity contribution in [2.75, 3.05) is 0 Å². The average molecular weight is 197 g/mol. The standard InChI is InChI=1S/C11H19NO2/c1-5-11(7-6-8-11)12-9(13)14-10(2,3)4/h5H,1,6-8H2,2-4H3,(H,12,13). The van der Waals surface area contributed by atoms with Gasteiger partial charge in [0.05, 0.1) is 5.54 Å². The Labute approximate surface area is 85.5 Å². The molecule has 3 nitrogen and oxygen atoms in total. The van der Waals surface area contributed by atoms with Crippen LogP contribution >= 0.6 is 0 Å². The van der Waals surface area contributed by atoms with Crippen LogP contribution in [0.1, 0.15) is 40.0 Å². The lowest BCUT2D eigenvalue weighted by Gasteiger charge is -2.40. The molecule has 0 aromatic heterocycles. The van der Waals surface area contributed by atoms with Gasteiger partial charge in [-0.15, -0.1) is 6.58 Å². The summed E-state index contributed by atoms with van der Waals surface area (Å²) < 4.78 is 5.17. The highest BCUT2D eigenvalue weighted by molar-refractivity contribution is 5.69. The molecule has 1 saturated carbocycles. The van der Waals surface area contributed by atoms with Gasteiger partial charge in [0.2, 0.25) is 0 Å². The normalized spacial score (nSPS) is 19.4. The van der Waals surface area contributed by atoms with Crippen molar-refractivity contribution in [2.24, 2.45) is 0 Å². The van der Waals surface area contributed by atoms with E-state index in [0.717, 1.165) is 19.3 Å². The van der Waals surface area contributed by atoms with Gasteiger partial charge in [-0.1, -0.05) is 6.08 Å². The van der Waals surface area contributed by atoms with Crippen LogP contribution in [-0.2, 0) is 4.74 Å². The van der Waals surface area contributed by atoms with E-state index in [1.807, 2.05) is 20.8 Å². The maximum absolute atomic E-state index is 11.4. The molecule has 0 aromatic carbocycles. The molecular weight excluding hydrogens is 178 g/mol. The molecule has 0 unspecified atom stereocenters. The van der Waals surface area contributed by atoms with E-state index in [-0.39, 0.29) is 11.6 Å². The Bertz CT molecular complexity index is 236. The number of ether oxygens (including phenoxy) is 1. The SMILES string of the molecule is C=CC1(NC(=O)OC(C)(C)C)CCC1. The fourth-order valence-electron chi connectivity index (χ4n) is 1.44. The molecule has 1 fully saturated rings. The van der Waals surface area contributed by atoms with E-state index in [2.05, 4.69) is 11.9 Å². The maximum atomic E-state index is 11.4. The van der Waals surface area contributed by atoms with Crippen molar-refractivity contribution >= 4 is 6.09 Å². The molecule has 1 rings (SSSR count). The van der Waals surface area contributed by atoms with Crippen molar-refractivity contribution in [1.82, 2.24) is 5.32 Å². The Morgan fingerprint density at radius 3 is 2.36 bits per heavy atom. The Morgan fingerprint density at radius 2 is 2.07 bits per heavy atom. The van der Waals surface area contributed by atoms with Crippen molar-refractivity contribution in [1.29, 1.82) is 0 Å². The minimum absolute atomic E-state index is 0.206. The summed E-state index contributed by atoms with van der Waals surface area (Å²) in [6.07, 6.45) is 4.53. The zero-order valence-corrected chi connectivity index (χ0v) is 9.22. The van der Waals surface area contributed by atoms with E-state index < -0.39 is 5.60 Å². The van der Waals surface area contributed by atoms with E-state index in [4.69, 9.17) is 4.74 Å². The number of carbonyl (C=O) groups excluding carboxylic acids is 1. The topological polar surface area (TPSA) is 38.3 Å². The van der Waals surface area contributed by atoms with Gasteiger partial charge < -0.3 is 10.1 Å². The largest absolute Gasteiger partial charge is 0.444 e. The van der Waals surface area contributed by atoms with Gasteiger partial charge in [0.25, 0.3) is 0 Å². The van der Waals surface area contributed by atoms with Crippen LogP contribution < -0.4 is 5.32 Å². The smallest absolute Gasteiger partial charge is 0.408 e. The highest BCUT2D eigenvalue weighted by Crippen LogP contribution is 2.32. The van der Waals surface area contributed by atoms with Crippen LogP contribution in [-0.4, -0.2) is 17.2 Å². The van der Waals surface area contributed by atoms with Gasteiger partial charge in [0, 0.05) is 0 Å². The predicted octanol–water partition coefficient (Wildman–Crippen LogP) is 2.62. The van der Waals surface area contributed by atoms with Gasteiger partial charge in [0.15, 0.2) is 0 Å². The third kappa shape index (κ3) is 2.76. The number of rotatable bonds is 2. The van der Waals surface area contributed by atoms with E-state index >= 15 is 0 Å². The summed E-state index contributed by atoms with van der Waals surface area (Å²) in [5.41, 5.74) is -0.640. The summed E-state index contributed by atoms with van der Waals surface area (Å²) in [7, 11) is 0. The van der Waals surface area contributed by atoms with Gasteiger partial charge in [-0.05, 0) is 40.0 Å². The van der Waals surface area contributed by atoms with Crippen LogP contribution in [0.2, 0.25) is 0 Å². The molecule has 14 heavy (non-hydrogen) atoms. The Balaban J connectivity index is 2.44. The second-order valence-corrected chi connectivity index (χ2v) is 4.84. The number of hydrogen-bond acceptors (Lipinski definition) is 2. The molecule has 1 N–H and O–H groups in total. The number of amides is 1. The van der Waals surface area contributed by atoms with Crippen molar-refractivity contribution in [3.8, 4) is 0 Å². The van der Waals surface area contributed by atoms with Crippen molar-refractivity contribution in [2.45, 2.75) is 51.2 Å². The second kappa shape index (κ2) is 3.64. The van der Waals surface area contributed by atoms with Gasteiger partial charge >= 0.3 is 6.09 Å². The summed E-state index contributed by atoms with van der Waals surface area (Å²) >= 11 is 0. The molecule has 1 aliphatic carbocycles. The van der Waals surface area contributed by atoms with E-state index in [0.29, 0.717) is 0 Å². The predicted molar refractivity (Wildman–Crippen MR) is 56.1 cm³/mol. The molecule has 1 aliphatic rings. The van der Waals surface area contributed by atoms with Gasteiger partial charge in [0.1, 0.15) is 5.60 Å². The minimum Gasteiger partial charge on any atom is -0.444 e. The summed E-state index contributed by atoms with van der Waals surface area (Å²) in [5, 5.41) is 2.86. The lowest BCUT2D eigenvalue weighted by molar-refractivity contribution is 0.0432. The monoisotopic (exact) mass is 197 g/mol. The van der Waals surface area contributed by atoms with E-state index in [1.54, 1.807) is 6.08 Å².